The fraction of sp³-hybridized carbons (Fsp3) is 0.111. The van der Waals surface area contributed by atoms with Gasteiger partial charge in [-0.15, -0.1) is 0 Å². The van der Waals surface area contributed by atoms with Crippen LogP contribution in [-0.4, -0.2) is 29.9 Å². The van der Waals surface area contributed by atoms with Crippen molar-refractivity contribution in [3.8, 4) is 23.1 Å². The summed E-state index contributed by atoms with van der Waals surface area (Å²) in [6.07, 6.45) is 1.30. The highest BCUT2D eigenvalue weighted by Gasteiger charge is 2.14. The summed E-state index contributed by atoms with van der Waals surface area (Å²) >= 11 is 5.87. The van der Waals surface area contributed by atoms with E-state index < -0.39 is 5.56 Å². The lowest BCUT2D eigenvalue weighted by atomic mass is 10.1. The molecule has 0 atom stereocenters. The highest BCUT2D eigenvalue weighted by Crippen LogP contribution is 2.24. The van der Waals surface area contributed by atoms with Crippen molar-refractivity contribution in [3.63, 3.8) is 0 Å². The number of hydrogen-bond donors (Lipinski definition) is 3. The number of H-pyrrole nitrogens is 1. The largest absolute Gasteiger partial charge is 0.493 e. The first-order valence-corrected chi connectivity index (χ1v) is 11.4. The molecule has 3 aromatic carbocycles. The number of rotatable bonds is 8. The summed E-state index contributed by atoms with van der Waals surface area (Å²) in [6, 6.07) is 25.7. The quantitative estimate of drug-likeness (QED) is 0.218. The van der Waals surface area contributed by atoms with Crippen molar-refractivity contribution in [1.29, 1.82) is 5.26 Å². The van der Waals surface area contributed by atoms with Crippen molar-refractivity contribution in [3.05, 3.63) is 99.8 Å². The normalized spacial score (nSPS) is 9.81. The van der Waals surface area contributed by atoms with E-state index >= 15 is 0 Å². The molecule has 4 aromatic rings. The molecule has 4 rings (SSSR count). The van der Waals surface area contributed by atoms with Gasteiger partial charge < -0.3 is 20.2 Å². The van der Waals surface area contributed by atoms with E-state index in [1.54, 1.807) is 37.4 Å². The van der Waals surface area contributed by atoms with Gasteiger partial charge in [-0.05, 0) is 48.5 Å². The molecule has 0 saturated carbocycles. The average molecular weight is 502 g/mol. The van der Waals surface area contributed by atoms with E-state index in [2.05, 4.69) is 20.6 Å². The number of aromatic amines is 1. The second-order valence-electron chi connectivity index (χ2n) is 7.33. The Balaban J connectivity index is 0.000000275. The third-order valence-corrected chi connectivity index (χ3v) is 5.06. The molecule has 3 N–H and O–H groups in total. The second kappa shape index (κ2) is 13.3. The molecule has 0 bridgehead atoms. The summed E-state index contributed by atoms with van der Waals surface area (Å²) < 4.78 is 5.22. The molecule has 0 radical (unpaired) electrons. The number of ether oxygens (including phenoxy) is 1. The molecule has 36 heavy (non-hydrogen) atoms. The number of nitrogens with zero attached hydrogens (tertiary/aromatic N) is 2. The molecule has 9 heteroatoms. The molecule has 0 saturated heterocycles. The van der Waals surface area contributed by atoms with Crippen molar-refractivity contribution in [1.82, 2.24) is 9.97 Å². The van der Waals surface area contributed by atoms with Crippen molar-refractivity contribution in [2.45, 2.75) is 6.42 Å². The van der Waals surface area contributed by atoms with Gasteiger partial charge in [-0.3, -0.25) is 9.78 Å². The average Bonchev–Trinajstić information content (AvgIpc) is 2.91. The molecule has 0 fully saturated rings. The van der Waals surface area contributed by atoms with Gasteiger partial charge in [-0.1, -0.05) is 41.9 Å². The first-order valence-electron chi connectivity index (χ1n) is 11.0. The van der Waals surface area contributed by atoms with Gasteiger partial charge in [0, 0.05) is 35.4 Å². The monoisotopic (exact) mass is 501 g/mol. The van der Waals surface area contributed by atoms with Crippen molar-refractivity contribution >= 4 is 35.2 Å². The Morgan fingerprint density at radius 3 is 2.47 bits per heavy atom. The molecular weight excluding hydrogens is 478 g/mol. The minimum Gasteiger partial charge on any atom is -0.493 e. The van der Waals surface area contributed by atoms with Crippen LogP contribution in [0.1, 0.15) is 12.0 Å². The molecule has 182 valence electrons. The minimum absolute atomic E-state index is 0.0325. The van der Waals surface area contributed by atoms with Crippen LogP contribution >= 0.6 is 11.6 Å². The molecule has 1 aromatic heterocycles. The van der Waals surface area contributed by atoms with Crippen LogP contribution in [-0.2, 0) is 4.79 Å². The maximum atomic E-state index is 12.3. The summed E-state index contributed by atoms with van der Waals surface area (Å²) in [4.78, 5) is 29.2. The Bertz CT molecular complexity index is 1380. The van der Waals surface area contributed by atoms with Gasteiger partial charge in [0.05, 0.1) is 12.3 Å². The fourth-order valence-corrected chi connectivity index (χ4v) is 3.20. The molecule has 0 unspecified atom stereocenters. The van der Waals surface area contributed by atoms with Crippen LogP contribution in [0.25, 0.3) is 11.3 Å². The Kier molecular flexibility index (Phi) is 9.62. The van der Waals surface area contributed by atoms with Gasteiger partial charge in [0.15, 0.2) is 0 Å². The zero-order valence-corrected chi connectivity index (χ0v) is 20.3. The molecule has 0 spiro atoms. The number of halogens is 1. The van der Waals surface area contributed by atoms with Crippen molar-refractivity contribution in [2.75, 3.05) is 24.3 Å². The lowest BCUT2D eigenvalue weighted by Gasteiger charge is -2.10. The Hall–Kier alpha value is -4.61. The minimum atomic E-state index is -0.501. The second-order valence-corrected chi connectivity index (χ2v) is 7.77. The number of hydrogen-bond acceptors (Lipinski definition) is 7. The van der Waals surface area contributed by atoms with Crippen LogP contribution in [0.5, 0.6) is 5.75 Å². The van der Waals surface area contributed by atoms with Crippen LogP contribution in [0, 0.1) is 11.3 Å². The zero-order valence-electron chi connectivity index (χ0n) is 19.5. The van der Waals surface area contributed by atoms with E-state index in [1.807, 2.05) is 54.6 Å². The maximum Gasteiger partial charge on any atom is 0.270 e. The summed E-state index contributed by atoms with van der Waals surface area (Å²) in [6.45, 7) is 0.466. The smallest absolute Gasteiger partial charge is 0.270 e. The first kappa shape index (κ1) is 26.0. The number of para-hydroxylation sites is 1. The van der Waals surface area contributed by atoms with E-state index in [-0.39, 0.29) is 11.5 Å². The van der Waals surface area contributed by atoms with Gasteiger partial charge in [0.25, 0.3) is 5.56 Å². The predicted octanol–water partition coefficient (Wildman–Crippen LogP) is 5.40. The third kappa shape index (κ3) is 7.45. The third-order valence-electron chi connectivity index (χ3n) is 4.81. The topological polar surface area (TPSA) is 120 Å². The number of benzene rings is 3. The van der Waals surface area contributed by atoms with Crippen LogP contribution < -0.4 is 20.9 Å². The van der Waals surface area contributed by atoms with Crippen LogP contribution in [0.15, 0.2) is 83.7 Å². The standard InChI is InChI=1S/C18H14ClN5O.C9H10O2/c1-21-14-4-2-3-11(9-14)16-15(10-20)17(25)24-18(23-16)22-13-7-5-12(19)6-8-13;10-7-4-8-11-9-5-2-1-3-6-9/h2-9,21H,1H3,(H2,22,23,24,25);1-3,5-7H,4,8H2. The molecule has 0 aliphatic carbocycles. The summed E-state index contributed by atoms with van der Waals surface area (Å²) in [5.74, 6) is 1.06. The highest BCUT2D eigenvalue weighted by molar-refractivity contribution is 6.30. The molecular formula is C27H24ClN5O3. The van der Waals surface area contributed by atoms with Crippen molar-refractivity contribution < 1.29 is 9.53 Å². The molecule has 0 aliphatic heterocycles. The van der Waals surface area contributed by atoms with Gasteiger partial charge in [-0.2, -0.15) is 5.26 Å². The van der Waals surface area contributed by atoms with Crippen LogP contribution in [0.3, 0.4) is 0 Å². The Morgan fingerprint density at radius 1 is 1.06 bits per heavy atom. The Labute approximate surface area is 213 Å². The number of nitrogens with one attached hydrogen (secondary N) is 3. The summed E-state index contributed by atoms with van der Waals surface area (Å²) in [5.41, 5.74) is 2.03. The van der Waals surface area contributed by atoms with E-state index in [1.165, 1.54) is 0 Å². The number of carbonyl (C=O) groups is 1. The van der Waals surface area contributed by atoms with Gasteiger partial charge in [-0.25, -0.2) is 4.98 Å². The predicted molar refractivity (Wildman–Crippen MR) is 142 cm³/mol. The summed E-state index contributed by atoms with van der Waals surface area (Å²) in [7, 11) is 1.79. The highest BCUT2D eigenvalue weighted by atomic mass is 35.5. The lowest BCUT2D eigenvalue weighted by molar-refractivity contribution is -0.108. The van der Waals surface area contributed by atoms with E-state index in [0.717, 1.165) is 17.7 Å². The zero-order chi connectivity index (χ0) is 25.8. The van der Waals surface area contributed by atoms with Crippen LogP contribution in [0.2, 0.25) is 5.02 Å². The lowest BCUT2D eigenvalue weighted by Crippen LogP contribution is -2.16. The molecule has 1 heterocycles. The van der Waals surface area contributed by atoms with E-state index in [9.17, 15) is 14.9 Å². The summed E-state index contributed by atoms with van der Waals surface area (Å²) in [5, 5.41) is 16.0. The number of carbonyl (C=O) groups excluding carboxylic acids is 1. The molecule has 8 nitrogen and oxygen atoms in total. The number of aldehydes is 1. The first-order chi connectivity index (χ1) is 17.5. The molecule has 0 amide bonds. The number of anilines is 3. The Morgan fingerprint density at radius 2 is 1.81 bits per heavy atom. The van der Waals surface area contributed by atoms with Crippen molar-refractivity contribution in [2.24, 2.45) is 0 Å². The van der Waals surface area contributed by atoms with Gasteiger partial charge in [0.1, 0.15) is 23.7 Å². The van der Waals surface area contributed by atoms with Crippen LogP contribution in [0.4, 0.5) is 17.3 Å². The number of nitriles is 1. The van der Waals surface area contributed by atoms with E-state index in [0.29, 0.717) is 35.0 Å². The fourth-order valence-electron chi connectivity index (χ4n) is 3.08. The maximum absolute atomic E-state index is 12.3. The number of aromatic nitrogens is 2. The van der Waals surface area contributed by atoms with Gasteiger partial charge >= 0.3 is 0 Å². The SMILES string of the molecule is CNc1cccc(-c2nc(Nc3ccc(Cl)cc3)[nH]c(=O)c2C#N)c1.O=CCCOc1ccccc1. The van der Waals surface area contributed by atoms with E-state index in [4.69, 9.17) is 16.3 Å². The molecule has 0 aliphatic rings. The van der Waals surface area contributed by atoms with Gasteiger partial charge in [0.2, 0.25) is 5.95 Å².